The largest absolute Gasteiger partial charge is 0.444 e. The second-order valence-electron chi connectivity index (χ2n) is 8.24. The lowest BCUT2D eigenvalue weighted by molar-refractivity contribution is 0.0216. The summed E-state index contributed by atoms with van der Waals surface area (Å²) in [5.74, 6) is 0. The van der Waals surface area contributed by atoms with Crippen molar-refractivity contribution in [1.82, 2.24) is 14.9 Å². The Balaban J connectivity index is 1.59. The topological polar surface area (TPSA) is 71.7 Å². The Hall–Kier alpha value is -2.03. The lowest BCUT2D eigenvalue weighted by Gasteiger charge is -2.39. The van der Waals surface area contributed by atoms with Gasteiger partial charge in [0.05, 0.1) is 11.8 Å². The highest BCUT2D eigenvalue weighted by Gasteiger charge is 2.32. The number of hydrogen-bond acceptors (Lipinski definition) is 7. The molecule has 0 bridgehead atoms. The fraction of sp³-hybridized carbons (Fsp3) is 0.450. The molecule has 0 N–H and O–H groups in total. The van der Waals surface area contributed by atoms with Crippen LogP contribution in [0.2, 0.25) is 9.36 Å². The number of anilines is 1. The molecule has 4 rings (SSSR count). The average Bonchev–Trinajstić information content (AvgIpc) is 3.25. The number of carbonyl (C=O) groups excluding carboxylic acids is 1. The van der Waals surface area contributed by atoms with Crippen LogP contribution in [0.4, 0.5) is 10.8 Å². The zero-order chi connectivity index (χ0) is 21.6. The molecule has 1 amide bonds. The number of ether oxygens (including phenoxy) is 1. The Morgan fingerprint density at radius 1 is 1.30 bits per heavy atom. The predicted octanol–water partition coefficient (Wildman–Crippen LogP) is 5.70. The number of nitrogens with zero attached hydrogens (tertiary/aromatic N) is 4. The van der Waals surface area contributed by atoms with Crippen LogP contribution in [0, 0.1) is 0 Å². The maximum absolute atomic E-state index is 12.4. The van der Waals surface area contributed by atoms with Crippen molar-refractivity contribution in [3.63, 3.8) is 0 Å². The second-order valence-corrected chi connectivity index (χ2v) is 10.3. The minimum Gasteiger partial charge on any atom is -0.444 e. The highest BCUT2D eigenvalue weighted by Crippen LogP contribution is 2.38. The van der Waals surface area contributed by atoms with Gasteiger partial charge in [-0.05, 0) is 39.8 Å². The molecule has 0 saturated carbocycles. The summed E-state index contributed by atoms with van der Waals surface area (Å²) in [6, 6.07) is 4.07. The van der Waals surface area contributed by atoms with Gasteiger partial charge in [-0.2, -0.15) is 4.98 Å². The van der Waals surface area contributed by atoms with Gasteiger partial charge in [0.2, 0.25) is 0 Å². The monoisotopic (exact) mass is 468 g/mol. The van der Waals surface area contributed by atoms with Gasteiger partial charge in [-0.25, -0.2) is 9.78 Å². The minimum atomic E-state index is -0.522. The lowest BCUT2D eigenvalue weighted by Crippen LogP contribution is -2.54. The fourth-order valence-electron chi connectivity index (χ4n) is 3.38. The van der Waals surface area contributed by atoms with E-state index in [4.69, 9.17) is 32.4 Å². The molecular weight excluding hydrogens is 447 g/mol. The molecule has 2 aromatic heterocycles. The first-order valence-corrected chi connectivity index (χ1v) is 11.1. The molecule has 3 aromatic rings. The van der Waals surface area contributed by atoms with Crippen molar-refractivity contribution in [3.8, 4) is 10.6 Å². The highest BCUT2D eigenvalue weighted by atomic mass is 35.5. The highest BCUT2D eigenvalue weighted by molar-refractivity contribution is 7.19. The summed E-state index contributed by atoms with van der Waals surface area (Å²) in [6.45, 7) is 9.24. The van der Waals surface area contributed by atoms with E-state index in [0.29, 0.717) is 46.1 Å². The lowest BCUT2D eigenvalue weighted by atomic mass is 10.2. The minimum absolute atomic E-state index is 0.00700. The molecule has 160 valence electrons. The number of benzene rings is 1. The third-order valence-electron chi connectivity index (χ3n) is 4.68. The van der Waals surface area contributed by atoms with Gasteiger partial charge >= 0.3 is 6.09 Å². The summed E-state index contributed by atoms with van der Waals surface area (Å²) >= 11 is 13.7. The zero-order valence-corrected chi connectivity index (χ0v) is 19.4. The van der Waals surface area contributed by atoms with Crippen LogP contribution in [0.5, 0.6) is 0 Å². The number of oxazole rings is 1. The van der Waals surface area contributed by atoms with Crippen molar-refractivity contribution >= 4 is 57.7 Å². The first-order chi connectivity index (χ1) is 14.1. The van der Waals surface area contributed by atoms with E-state index in [1.54, 1.807) is 23.2 Å². The third kappa shape index (κ3) is 4.36. The molecular formula is C20H22Cl2N4O3S. The summed E-state index contributed by atoms with van der Waals surface area (Å²) in [5, 5.41) is 1.27. The van der Waals surface area contributed by atoms with Gasteiger partial charge in [0.1, 0.15) is 20.5 Å². The summed E-state index contributed by atoms with van der Waals surface area (Å²) in [7, 11) is 0. The van der Waals surface area contributed by atoms with Crippen molar-refractivity contribution in [2.75, 3.05) is 24.5 Å². The maximum Gasteiger partial charge on any atom is 0.410 e. The van der Waals surface area contributed by atoms with Crippen molar-refractivity contribution in [2.45, 2.75) is 39.3 Å². The van der Waals surface area contributed by atoms with E-state index in [-0.39, 0.29) is 12.1 Å². The number of fused-ring (bicyclic) bond motifs is 1. The van der Waals surface area contributed by atoms with E-state index in [1.807, 2.05) is 32.6 Å². The number of hydrogen-bond donors (Lipinski definition) is 0. The van der Waals surface area contributed by atoms with Crippen LogP contribution in [0.1, 0.15) is 27.7 Å². The molecule has 3 heterocycles. The van der Waals surface area contributed by atoms with Crippen molar-refractivity contribution < 1.29 is 13.9 Å². The van der Waals surface area contributed by atoms with Gasteiger partial charge in [-0.15, -0.1) is 11.3 Å². The molecule has 1 aromatic carbocycles. The number of rotatable bonds is 2. The molecule has 1 atom stereocenters. The standard InChI is InChI=1S/C20H22Cl2N4O3S/c1-11-10-25(19(27)29-20(2,3)4)5-6-26(11)18-24-14-8-12(21)7-13(16(14)28-18)17-23-9-15(22)30-17/h7-9,11H,5-6,10H2,1-4H3. The Bertz CT molecular complexity index is 1090. The quantitative estimate of drug-likeness (QED) is 0.479. The van der Waals surface area contributed by atoms with Gasteiger partial charge in [0.25, 0.3) is 6.01 Å². The molecule has 1 aliphatic rings. The van der Waals surface area contributed by atoms with Gasteiger partial charge in [-0.3, -0.25) is 0 Å². The number of thiazole rings is 1. The van der Waals surface area contributed by atoms with Crippen LogP contribution in [0.25, 0.3) is 21.7 Å². The van der Waals surface area contributed by atoms with E-state index in [9.17, 15) is 4.79 Å². The summed E-state index contributed by atoms with van der Waals surface area (Å²) < 4.78 is 12.2. The molecule has 10 heteroatoms. The summed E-state index contributed by atoms with van der Waals surface area (Å²) in [6.07, 6.45) is 1.30. The summed E-state index contributed by atoms with van der Waals surface area (Å²) in [4.78, 5) is 25.2. The molecule has 1 fully saturated rings. The molecule has 1 aliphatic heterocycles. The number of aromatic nitrogens is 2. The number of piperazine rings is 1. The Labute approximate surface area is 188 Å². The number of carbonyl (C=O) groups is 1. The van der Waals surface area contributed by atoms with E-state index >= 15 is 0 Å². The van der Waals surface area contributed by atoms with E-state index in [2.05, 4.69) is 9.97 Å². The van der Waals surface area contributed by atoms with Crippen LogP contribution >= 0.6 is 34.5 Å². The maximum atomic E-state index is 12.4. The zero-order valence-electron chi connectivity index (χ0n) is 17.1. The fourth-order valence-corrected chi connectivity index (χ4v) is 4.52. The smallest absolute Gasteiger partial charge is 0.410 e. The van der Waals surface area contributed by atoms with Crippen LogP contribution in [0.15, 0.2) is 22.7 Å². The Morgan fingerprint density at radius 2 is 2.07 bits per heavy atom. The predicted molar refractivity (Wildman–Crippen MR) is 120 cm³/mol. The molecule has 0 spiro atoms. The van der Waals surface area contributed by atoms with Crippen LogP contribution in [-0.2, 0) is 4.74 Å². The number of halogens is 2. The van der Waals surface area contributed by atoms with E-state index < -0.39 is 5.60 Å². The SMILES string of the molecule is CC1CN(C(=O)OC(C)(C)C)CCN1c1nc2cc(Cl)cc(-c3ncc(Cl)s3)c2o1. The number of amides is 1. The molecule has 0 radical (unpaired) electrons. The van der Waals surface area contributed by atoms with Crippen LogP contribution < -0.4 is 4.90 Å². The first-order valence-electron chi connectivity index (χ1n) is 9.57. The van der Waals surface area contributed by atoms with Crippen molar-refractivity contribution in [3.05, 3.63) is 27.7 Å². The molecule has 1 unspecified atom stereocenters. The molecule has 0 aliphatic carbocycles. The first kappa shape index (κ1) is 21.2. The van der Waals surface area contributed by atoms with Gasteiger partial charge in [0, 0.05) is 30.7 Å². The normalized spacial score (nSPS) is 17.6. The van der Waals surface area contributed by atoms with Gasteiger partial charge in [0.15, 0.2) is 5.58 Å². The Morgan fingerprint density at radius 3 is 2.70 bits per heavy atom. The van der Waals surface area contributed by atoms with E-state index in [1.165, 1.54) is 11.3 Å². The van der Waals surface area contributed by atoms with Crippen LogP contribution in [-0.4, -0.2) is 52.2 Å². The third-order valence-corrected chi connectivity index (χ3v) is 6.04. The summed E-state index contributed by atoms with van der Waals surface area (Å²) in [5.41, 5.74) is 1.50. The second kappa shape index (κ2) is 7.90. The van der Waals surface area contributed by atoms with Gasteiger partial charge in [-0.1, -0.05) is 23.2 Å². The van der Waals surface area contributed by atoms with E-state index in [0.717, 1.165) is 10.6 Å². The van der Waals surface area contributed by atoms with Crippen LogP contribution in [0.3, 0.4) is 0 Å². The molecule has 30 heavy (non-hydrogen) atoms. The molecule has 7 nitrogen and oxygen atoms in total. The van der Waals surface area contributed by atoms with Crippen molar-refractivity contribution in [2.24, 2.45) is 0 Å². The van der Waals surface area contributed by atoms with Crippen molar-refractivity contribution in [1.29, 1.82) is 0 Å². The molecule has 1 saturated heterocycles. The van der Waals surface area contributed by atoms with Gasteiger partial charge < -0.3 is 19.0 Å². The Kier molecular flexibility index (Phi) is 5.59. The average molecular weight is 469 g/mol.